The number of H-pyrrole nitrogens is 1. The molecule has 7 nitrogen and oxygen atoms in total. The molecule has 0 unspecified atom stereocenters. The molecule has 0 amide bonds. The molecule has 0 saturated heterocycles. The number of imidazole rings is 1. The van der Waals surface area contributed by atoms with Crippen molar-refractivity contribution in [3.63, 3.8) is 0 Å². The molecule has 32 heavy (non-hydrogen) atoms. The minimum absolute atomic E-state index is 0.0716. The molecule has 3 aromatic heterocycles. The summed E-state index contributed by atoms with van der Waals surface area (Å²) in [5.74, 6) is 0.0352. The number of nitrogens with zero attached hydrogens (tertiary/aromatic N) is 4. The lowest BCUT2D eigenvalue weighted by atomic mass is 10.0. The van der Waals surface area contributed by atoms with Gasteiger partial charge in [-0.05, 0) is 55.5 Å². The van der Waals surface area contributed by atoms with Gasteiger partial charge in [0.1, 0.15) is 17.7 Å². The van der Waals surface area contributed by atoms with Gasteiger partial charge in [-0.2, -0.15) is 0 Å². The highest BCUT2D eigenvalue weighted by atomic mass is 19.1. The van der Waals surface area contributed by atoms with Crippen LogP contribution in [-0.4, -0.2) is 24.5 Å². The zero-order chi connectivity index (χ0) is 22.4. The number of nitrogens with one attached hydrogen (secondary N) is 2. The van der Waals surface area contributed by atoms with E-state index in [1.807, 2.05) is 45.0 Å². The predicted molar refractivity (Wildman–Crippen MR) is 123 cm³/mol. The molecule has 2 aromatic carbocycles. The second-order valence-corrected chi connectivity index (χ2v) is 7.82. The van der Waals surface area contributed by atoms with Gasteiger partial charge in [-0.25, -0.2) is 19.3 Å². The fourth-order valence-electron chi connectivity index (χ4n) is 4.04. The van der Waals surface area contributed by atoms with Crippen molar-refractivity contribution >= 4 is 27.8 Å². The average Bonchev–Trinajstić information content (AvgIpc) is 3.26. The van der Waals surface area contributed by atoms with E-state index in [-0.39, 0.29) is 11.4 Å². The van der Waals surface area contributed by atoms with E-state index in [0.29, 0.717) is 28.1 Å². The van der Waals surface area contributed by atoms with Gasteiger partial charge in [-0.15, -0.1) is 0 Å². The summed E-state index contributed by atoms with van der Waals surface area (Å²) >= 11 is 0. The average molecular weight is 428 g/mol. The van der Waals surface area contributed by atoms with Crippen LogP contribution < -0.4 is 10.9 Å². The number of benzene rings is 2. The molecule has 0 aliphatic heterocycles. The van der Waals surface area contributed by atoms with Crippen LogP contribution in [0.5, 0.6) is 0 Å². The Morgan fingerprint density at radius 1 is 1.09 bits per heavy atom. The van der Waals surface area contributed by atoms with Crippen LogP contribution in [0.3, 0.4) is 0 Å². The summed E-state index contributed by atoms with van der Waals surface area (Å²) in [5, 5.41) is 3.98. The van der Waals surface area contributed by atoms with Crippen LogP contribution in [0.15, 0.2) is 59.9 Å². The van der Waals surface area contributed by atoms with Crippen molar-refractivity contribution in [1.82, 2.24) is 24.5 Å². The number of rotatable bonds is 4. The van der Waals surface area contributed by atoms with Crippen LogP contribution >= 0.6 is 0 Å². The number of anilines is 1. The Bertz CT molecular complexity index is 1540. The largest absolute Gasteiger partial charge is 0.360 e. The molecule has 0 saturated carbocycles. The Balaban J connectivity index is 1.75. The zero-order valence-corrected chi connectivity index (χ0v) is 17.8. The predicted octanol–water partition coefficient (Wildman–Crippen LogP) is 4.59. The Labute approximate surface area is 183 Å². The second-order valence-electron chi connectivity index (χ2n) is 7.82. The van der Waals surface area contributed by atoms with Crippen LogP contribution in [0.2, 0.25) is 0 Å². The van der Waals surface area contributed by atoms with Crippen molar-refractivity contribution in [3.05, 3.63) is 88.1 Å². The third-order valence-corrected chi connectivity index (χ3v) is 5.86. The molecule has 5 rings (SSSR count). The molecule has 0 bridgehead atoms. The van der Waals surface area contributed by atoms with Crippen LogP contribution in [0, 0.1) is 19.7 Å². The van der Waals surface area contributed by atoms with Gasteiger partial charge in [-0.1, -0.05) is 24.3 Å². The lowest BCUT2D eigenvalue weighted by Gasteiger charge is -2.23. The minimum Gasteiger partial charge on any atom is -0.360 e. The first-order valence-corrected chi connectivity index (χ1v) is 10.3. The van der Waals surface area contributed by atoms with Gasteiger partial charge in [0.2, 0.25) is 0 Å². The Kier molecular flexibility index (Phi) is 4.70. The molecule has 2 N–H and O–H groups in total. The SMILES string of the molecule is Cc1cccc(-n2c([C@H](C)Nc3ncnc4nc[nH]c34)cc3cccc(F)c3c2=O)c1C. The van der Waals surface area contributed by atoms with E-state index in [4.69, 9.17) is 0 Å². The molecule has 8 heteroatoms. The van der Waals surface area contributed by atoms with Gasteiger partial charge in [-0.3, -0.25) is 9.36 Å². The van der Waals surface area contributed by atoms with Crippen molar-refractivity contribution in [2.24, 2.45) is 0 Å². The van der Waals surface area contributed by atoms with E-state index < -0.39 is 11.4 Å². The number of halogens is 1. The van der Waals surface area contributed by atoms with Gasteiger partial charge >= 0.3 is 0 Å². The third-order valence-electron chi connectivity index (χ3n) is 5.86. The fourth-order valence-corrected chi connectivity index (χ4v) is 4.04. The summed E-state index contributed by atoms with van der Waals surface area (Å²) in [6, 6.07) is 12.0. The highest BCUT2D eigenvalue weighted by molar-refractivity contribution is 5.84. The number of pyridine rings is 1. The standard InChI is InChI=1S/C24H21FN6O/c1-13-6-4-9-18(14(13)2)31-19(10-16-7-5-8-17(25)20(16)24(31)32)15(3)30-23-21-22(27-11-26-21)28-12-29-23/h4-12,15H,1-3H3,(H2,26,27,28,29,30)/t15-/m0/s1. The van der Waals surface area contributed by atoms with Crippen LogP contribution in [0.25, 0.3) is 27.6 Å². The van der Waals surface area contributed by atoms with Crippen molar-refractivity contribution < 1.29 is 4.39 Å². The van der Waals surface area contributed by atoms with E-state index in [9.17, 15) is 9.18 Å². The van der Waals surface area contributed by atoms with Crippen molar-refractivity contribution in [3.8, 4) is 5.69 Å². The van der Waals surface area contributed by atoms with Gasteiger partial charge in [0.05, 0.1) is 23.4 Å². The van der Waals surface area contributed by atoms with E-state index in [0.717, 1.165) is 16.8 Å². The molecule has 0 aliphatic carbocycles. The highest BCUT2D eigenvalue weighted by Crippen LogP contribution is 2.28. The first-order valence-electron chi connectivity index (χ1n) is 10.3. The first-order chi connectivity index (χ1) is 15.5. The third kappa shape index (κ3) is 3.11. The molecule has 0 aliphatic rings. The lowest BCUT2D eigenvalue weighted by molar-refractivity contribution is 0.637. The summed E-state index contributed by atoms with van der Waals surface area (Å²) in [5.41, 5.74) is 4.23. The molecular formula is C24H21FN6O. The molecule has 0 fully saturated rings. The van der Waals surface area contributed by atoms with E-state index >= 15 is 0 Å². The molecular weight excluding hydrogens is 407 g/mol. The number of aryl methyl sites for hydroxylation is 1. The highest BCUT2D eigenvalue weighted by Gasteiger charge is 2.20. The van der Waals surface area contributed by atoms with E-state index in [1.54, 1.807) is 23.0 Å². The lowest BCUT2D eigenvalue weighted by Crippen LogP contribution is -2.27. The minimum atomic E-state index is -0.534. The van der Waals surface area contributed by atoms with Gasteiger partial charge < -0.3 is 10.3 Å². The Morgan fingerprint density at radius 2 is 1.91 bits per heavy atom. The number of fused-ring (bicyclic) bond motifs is 2. The Hall–Kier alpha value is -4.07. The maximum atomic E-state index is 14.7. The summed E-state index contributed by atoms with van der Waals surface area (Å²) in [4.78, 5) is 29.3. The molecule has 0 spiro atoms. The first kappa shape index (κ1) is 19.9. The number of aromatic amines is 1. The maximum Gasteiger partial charge on any atom is 0.266 e. The molecule has 1 atom stereocenters. The number of hydrogen-bond donors (Lipinski definition) is 2. The van der Waals surface area contributed by atoms with Gasteiger partial charge in [0.25, 0.3) is 5.56 Å². The van der Waals surface area contributed by atoms with Gasteiger partial charge in [0.15, 0.2) is 11.5 Å². The normalized spacial score (nSPS) is 12.4. The molecule has 5 aromatic rings. The zero-order valence-electron chi connectivity index (χ0n) is 17.8. The maximum absolute atomic E-state index is 14.7. The fraction of sp³-hybridized carbons (Fsp3) is 0.167. The summed E-state index contributed by atoms with van der Waals surface area (Å²) in [7, 11) is 0. The monoisotopic (exact) mass is 428 g/mol. The van der Waals surface area contributed by atoms with E-state index in [1.165, 1.54) is 12.4 Å². The van der Waals surface area contributed by atoms with Crippen LogP contribution in [0.4, 0.5) is 10.2 Å². The molecule has 160 valence electrons. The van der Waals surface area contributed by atoms with Crippen LogP contribution in [-0.2, 0) is 0 Å². The summed E-state index contributed by atoms with van der Waals surface area (Å²) in [6.45, 7) is 5.89. The quantitative estimate of drug-likeness (QED) is 0.437. The van der Waals surface area contributed by atoms with E-state index in [2.05, 4.69) is 25.3 Å². The van der Waals surface area contributed by atoms with Crippen molar-refractivity contribution in [1.29, 1.82) is 0 Å². The van der Waals surface area contributed by atoms with Crippen molar-refractivity contribution in [2.45, 2.75) is 26.8 Å². The van der Waals surface area contributed by atoms with Gasteiger partial charge in [0, 0.05) is 5.69 Å². The summed E-state index contributed by atoms with van der Waals surface area (Å²) in [6.07, 6.45) is 2.99. The molecule has 0 radical (unpaired) electrons. The topological polar surface area (TPSA) is 88.5 Å². The Morgan fingerprint density at radius 3 is 2.75 bits per heavy atom. The smallest absolute Gasteiger partial charge is 0.266 e. The van der Waals surface area contributed by atoms with Crippen molar-refractivity contribution in [2.75, 3.05) is 5.32 Å². The molecule has 3 heterocycles. The number of hydrogen-bond acceptors (Lipinski definition) is 5. The number of aromatic nitrogens is 5. The second kappa shape index (κ2) is 7.56. The van der Waals surface area contributed by atoms with Crippen LogP contribution in [0.1, 0.15) is 29.8 Å². The summed E-state index contributed by atoms with van der Waals surface area (Å²) < 4.78 is 16.3.